The number of carbonyl (C=O) groups is 2. The van der Waals surface area contributed by atoms with E-state index in [0.717, 1.165) is 25.3 Å². The van der Waals surface area contributed by atoms with E-state index in [2.05, 4.69) is 5.32 Å². The summed E-state index contributed by atoms with van der Waals surface area (Å²) in [5, 5.41) is 11.5. The van der Waals surface area contributed by atoms with E-state index in [9.17, 15) is 9.59 Å². The molecule has 0 bridgehead atoms. The fourth-order valence-electron chi connectivity index (χ4n) is 2.04. The van der Waals surface area contributed by atoms with Gasteiger partial charge < -0.3 is 20.1 Å². The van der Waals surface area contributed by atoms with E-state index < -0.39 is 0 Å². The number of methoxy groups -OCH3 is 1. The van der Waals surface area contributed by atoms with E-state index in [1.807, 2.05) is 0 Å². The van der Waals surface area contributed by atoms with Gasteiger partial charge in [-0.05, 0) is 12.2 Å². The molecule has 1 fully saturated rings. The minimum absolute atomic E-state index is 0.0609. The Morgan fingerprint density at radius 3 is 3.10 bits per heavy atom. The Balaban J connectivity index is 2.17. The van der Waals surface area contributed by atoms with Gasteiger partial charge in [0.15, 0.2) is 0 Å². The average Bonchev–Trinajstić information content (AvgIpc) is 2.79. The molecule has 1 aliphatic rings. The van der Waals surface area contributed by atoms with Gasteiger partial charge in [0, 0.05) is 51.4 Å². The van der Waals surface area contributed by atoms with Crippen LogP contribution >= 0.6 is 11.8 Å². The van der Waals surface area contributed by atoms with Gasteiger partial charge in [-0.3, -0.25) is 9.59 Å². The molecule has 0 aromatic heterocycles. The summed E-state index contributed by atoms with van der Waals surface area (Å²) in [5.74, 6) is 1.00. The van der Waals surface area contributed by atoms with Crippen LogP contribution in [0.15, 0.2) is 0 Å². The first-order valence-electron chi connectivity index (χ1n) is 6.93. The van der Waals surface area contributed by atoms with Gasteiger partial charge in [0.25, 0.3) is 0 Å². The molecule has 2 N–H and O–H groups in total. The Hall–Kier alpha value is -0.790. The summed E-state index contributed by atoms with van der Waals surface area (Å²) >= 11 is 1.80. The summed E-state index contributed by atoms with van der Waals surface area (Å²) in [5.41, 5.74) is 0. The Kier molecular flexibility index (Phi) is 8.64. The van der Waals surface area contributed by atoms with E-state index in [1.165, 1.54) is 0 Å². The van der Waals surface area contributed by atoms with Gasteiger partial charge in [0.2, 0.25) is 11.8 Å². The first kappa shape index (κ1) is 17.3. The first-order chi connectivity index (χ1) is 9.67. The normalized spacial score (nSPS) is 18.6. The molecule has 7 heteroatoms. The molecule has 0 saturated carbocycles. The van der Waals surface area contributed by atoms with Crippen LogP contribution in [0.5, 0.6) is 0 Å². The van der Waals surface area contributed by atoms with Crippen molar-refractivity contribution in [3.05, 3.63) is 0 Å². The van der Waals surface area contributed by atoms with E-state index >= 15 is 0 Å². The molecule has 0 aromatic carbocycles. The van der Waals surface area contributed by atoms with Crippen molar-refractivity contribution in [2.45, 2.75) is 24.5 Å². The number of rotatable bonds is 10. The third-order valence-electron chi connectivity index (χ3n) is 3.07. The van der Waals surface area contributed by atoms with Crippen LogP contribution < -0.4 is 5.32 Å². The van der Waals surface area contributed by atoms with Crippen LogP contribution in [0.3, 0.4) is 0 Å². The molecule has 1 heterocycles. The maximum Gasteiger partial charge on any atom is 0.223 e. The quantitative estimate of drug-likeness (QED) is 0.549. The fraction of sp³-hybridized carbons (Fsp3) is 0.846. The topological polar surface area (TPSA) is 78.9 Å². The van der Waals surface area contributed by atoms with E-state index in [4.69, 9.17) is 9.84 Å². The lowest BCUT2D eigenvalue weighted by Crippen LogP contribution is -2.33. The number of hydrogen-bond acceptors (Lipinski definition) is 5. The number of thioether (sulfide) groups is 1. The van der Waals surface area contributed by atoms with E-state index in [0.29, 0.717) is 24.6 Å². The van der Waals surface area contributed by atoms with Crippen LogP contribution in [0.4, 0.5) is 0 Å². The summed E-state index contributed by atoms with van der Waals surface area (Å²) in [6, 6.07) is 0. The maximum absolute atomic E-state index is 11.8. The SMILES string of the molecule is COCCCS[C@H]1CC(=O)N(CCC(=O)NCCO)C1. The highest BCUT2D eigenvalue weighted by Crippen LogP contribution is 2.24. The first-order valence-corrected chi connectivity index (χ1v) is 7.98. The molecule has 2 amide bonds. The second-order valence-electron chi connectivity index (χ2n) is 4.71. The average molecular weight is 304 g/mol. The van der Waals surface area contributed by atoms with Gasteiger partial charge in [-0.2, -0.15) is 11.8 Å². The molecule has 116 valence electrons. The summed E-state index contributed by atoms with van der Waals surface area (Å²) in [6.07, 6.45) is 1.86. The fourth-order valence-corrected chi connectivity index (χ4v) is 3.20. The molecule has 0 radical (unpaired) electrons. The summed E-state index contributed by atoms with van der Waals surface area (Å²) in [4.78, 5) is 25.0. The zero-order chi connectivity index (χ0) is 14.8. The molecular weight excluding hydrogens is 280 g/mol. The Morgan fingerprint density at radius 2 is 2.40 bits per heavy atom. The number of ether oxygens (including phenoxy) is 1. The number of likely N-dealkylation sites (tertiary alicyclic amines) is 1. The zero-order valence-corrected chi connectivity index (χ0v) is 12.8. The van der Waals surface area contributed by atoms with Crippen molar-refractivity contribution >= 4 is 23.6 Å². The number of hydrogen-bond donors (Lipinski definition) is 2. The van der Waals surface area contributed by atoms with Crippen LogP contribution in [0.1, 0.15) is 19.3 Å². The zero-order valence-electron chi connectivity index (χ0n) is 12.0. The smallest absolute Gasteiger partial charge is 0.223 e. The van der Waals surface area contributed by atoms with E-state index in [1.54, 1.807) is 23.8 Å². The molecule has 0 spiro atoms. The number of aliphatic hydroxyl groups excluding tert-OH is 1. The number of amides is 2. The maximum atomic E-state index is 11.8. The minimum Gasteiger partial charge on any atom is -0.395 e. The monoisotopic (exact) mass is 304 g/mol. The van der Waals surface area contributed by atoms with Crippen LogP contribution in [0.2, 0.25) is 0 Å². The third kappa shape index (κ3) is 6.58. The van der Waals surface area contributed by atoms with Crippen molar-refractivity contribution in [1.82, 2.24) is 10.2 Å². The van der Waals surface area contributed by atoms with Gasteiger partial charge in [-0.25, -0.2) is 0 Å². The van der Waals surface area contributed by atoms with Gasteiger partial charge >= 0.3 is 0 Å². The van der Waals surface area contributed by atoms with Crippen molar-refractivity contribution < 1.29 is 19.4 Å². The minimum atomic E-state index is -0.122. The Morgan fingerprint density at radius 1 is 1.60 bits per heavy atom. The van der Waals surface area contributed by atoms with Crippen LogP contribution in [0, 0.1) is 0 Å². The van der Waals surface area contributed by atoms with Gasteiger partial charge in [-0.15, -0.1) is 0 Å². The lowest BCUT2D eigenvalue weighted by Gasteiger charge is -2.16. The summed E-state index contributed by atoms with van der Waals surface area (Å²) in [7, 11) is 1.69. The van der Waals surface area contributed by atoms with Crippen LogP contribution in [0.25, 0.3) is 0 Å². The second kappa shape index (κ2) is 10.0. The highest BCUT2D eigenvalue weighted by molar-refractivity contribution is 7.99. The van der Waals surface area contributed by atoms with Crippen molar-refractivity contribution in [2.24, 2.45) is 0 Å². The summed E-state index contributed by atoms with van der Waals surface area (Å²) < 4.78 is 4.99. The second-order valence-corrected chi connectivity index (χ2v) is 6.11. The van der Waals surface area contributed by atoms with Crippen molar-refractivity contribution in [3.8, 4) is 0 Å². The molecule has 0 aromatic rings. The van der Waals surface area contributed by atoms with Gasteiger partial charge in [0.1, 0.15) is 0 Å². The van der Waals surface area contributed by atoms with Crippen LogP contribution in [-0.4, -0.2) is 72.8 Å². The van der Waals surface area contributed by atoms with Gasteiger partial charge in [0.05, 0.1) is 6.61 Å². The van der Waals surface area contributed by atoms with E-state index in [-0.39, 0.29) is 25.0 Å². The van der Waals surface area contributed by atoms with Crippen LogP contribution in [-0.2, 0) is 14.3 Å². The molecule has 1 aliphatic heterocycles. The lowest BCUT2D eigenvalue weighted by molar-refractivity contribution is -0.128. The van der Waals surface area contributed by atoms with Crippen molar-refractivity contribution in [3.63, 3.8) is 0 Å². The standard InChI is InChI=1S/C13H24N2O4S/c1-19-7-2-8-20-11-9-13(18)15(10-11)5-3-12(17)14-4-6-16/h11,16H,2-10H2,1H3,(H,14,17)/t11-/m0/s1. The highest BCUT2D eigenvalue weighted by Gasteiger charge is 2.29. The Labute approximate surface area is 124 Å². The number of nitrogens with one attached hydrogen (secondary N) is 1. The van der Waals surface area contributed by atoms with Crippen molar-refractivity contribution in [2.75, 3.05) is 45.7 Å². The highest BCUT2D eigenvalue weighted by atomic mass is 32.2. The molecule has 1 rings (SSSR count). The molecule has 1 saturated heterocycles. The number of carbonyl (C=O) groups excluding carboxylic acids is 2. The predicted molar refractivity (Wildman–Crippen MR) is 78.6 cm³/mol. The molecule has 6 nitrogen and oxygen atoms in total. The van der Waals surface area contributed by atoms with Crippen molar-refractivity contribution in [1.29, 1.82) is 0 Å². The Bertz CT molecular complexity index is 315. The predicted octanol–water partition coefficient (Wildman–Crippen LogP) is -0.144. The number of aliphatic hydroxyl groups is 1. The molecule has 0 aliphatic carbocycles. The molecular formula is C13H24N2O4S. The third-order valence-corrected chi connectivity index (χ3v) is 4.38. The molecule has 1 atom stereocenters. The summed E-state index contributed by atoms with van der Waals surface area (Å²) in [6.45, 7) is 2.15. The molecule has 20 heavy (non-hydrogen) atoms. The number of nitrogens with zero attached hydrogens (tertiary/aromatic N) is 1. The molecule has 0 unspecified atom stereocenters. The van der Waals surface area contributed by atoms with Gasteiger partial charge in [-0.1, -0.05) is 0 Å². The lowest BCUT2D eigenvalue weighted by atomic mass is 10.3. The largest absolute Gasteiger partial charge is 0.395 e.